The minimum absolute atomic E-state index is 0.0658. The van der Waals surface area contributed by atoms with Crippen molar-refractivity contribution in [3.05, 3.63) is 68.2 Å². The lowest BCUT2D eigenvalue weighted by Crippen LogP contribution is -2.03. The molecule has 0 saturated carbocycles. The van der Waals surface area contributed by atoms with Crippen LogP contribution >= 0.6 is 15.9 Å². The lowest BCUT2D eigenvalue weighted by molar-refractivity contribution is -0.385. The van der Waals surface area contributed by atoms with Gasteiger partial charge in [0.15, 0.2) is 17.3 Å². The lowest BCUT2D eigenvalue weighted by Gasteiger charge is -2.09. The number of hydrogen-bond acceptors (Lipinski definition) is 5. The highest BCUT2D eigenvalue weighted by atomic mass is 79.9. The highest BCUT2D eigenvalue weighted by molar-refractivity contribution is 9.10. The van der Waals surface area contributed by atoms with E-state index in [9.17, 15) is 14.9 Å². The molecule has 0 fully saturated rings. The maximum atomic E-state index is 12.4. The topological polar surface area (TPSA) is 78.7 Å². The summed E-state index contributed by atoms with van der Waals surface area (Å²) in [4.78, 5) is 23.0. The molecular weight excluding hydrogens is 378 g/mol. The third-order valence-corrected chi connectivity index (χ3v) is 3.73. The number of allylic oxidation sites excluding steroid dienone is 1. The van der Waals surface area contributed by atoms with E-state index >= 15 is 0 Å². The van der Waals surface area contributed by atoms with Gasteiger partial charge in [0.25, 0.3) is 5.69 Å². The van der Waals surface area contributed by atoms with Gasteiger partial charge in [-0.3, -0.25) is 14.9 Å². The summed E-state index contributed by atoms with van der Waals surface area (Å²) in [6.07, 6.45) is 2.88. The molecule has 0 bridgehead atoms. The van der Waals surface area contributed by atoms with Gasteiger partial charge in [-0.1, -0.05) is 34.1 Å². The molecule has 0 heterocycles. The fourth-order valence-electron chi connectivity index (χ4n) is 2.09. The van der Waals surface area contributed by atoms with E-state index in [1.165, 1.54) is 32.4 Å². The summed E-state index contributed by atoms with van der Waals surface area (Å²) in [6, 6.07) is 9.82. The van der Waals surface area contributed by atoms with Crippen LogP contribution in [0, 0.1) is 10.1 Å². The lowest BCUT2D eigenvalue weighted by atomic mass is 10.1. The van der Waals surface area contributed by atoms with Crippen molar-refractivity contribution in [1.29, 1.82) is 0 Å². The molecule has 2 aromatic carbocycles. The first-order chi connectivity index (χ1) is 11.5. The SMILES string of the molecule is COc1cc(C(=O)C=Cc2cccc(Br)c2)c([N+](=O)[O-])cc1OC. The summed E-state index contributed by atoms with van der Waals surface area (Å²) in [7, 11) is 2.77. The number of carbonyl (C=O) groups is 1. The van der Waals surface area contributed by atoms with Gasteiger partial charge in [-0.2, -0.15) is 0 Å². The van der Waals surface area contributed by atoms with Crippen molar-refractivity contribution >= 4 is 33.5 Å². The highest BCUT2D eigenvalue weighted by Crippen LogP contribution is 2.34. The molecule has 0 radical (unpaired) electrons. The molecule has 0 aliphatic carbocycles. The van der Waals surface area contributed by atoms with Gasteiger partial charge in [-0.25, -0.2) is 0 Å². The van der Waals surface area contributed by atoms with E-state index < -0.39 is 10.7 Å². The van der Waals surface area contributed by atoms with Crippen LogP contribution in [-0.2, 0) is 0 Å². The van der Waals surface area contributed by atoms with Gasteiger partial charge < -0.3 is 9.47 Å². The molecule has 7 heteroatoms. The Morgan fingerprint density at radius 1 is 1.17 bits per heavy atom. The van der Waals surface area contributed by atoms with Gasteiger partial charge in [-0.05, 0) is 23.8 Å². The molecule has 124 valence electrons. The maximum Gasteiger partial charge on any atom is 0.284 e. The smallest absolute Gasteiger partial charge is 0.284 e. The Balaban J connectivity index is 2.42. The number of nitro benzene ring substituents is 1. The summed E-state index contributed by atoms with van der Waals surface area (Å²) < 4.78 is 11.0. The van der Waals surface area contributed by atoms with E-state index in [1.54, 1.807) is 6.08 Å². The van der Waals surface area contributed by atoms with Crippen molar-refractivity contribution in [2.24, 2.45) is 0 Å². The summed E-state index contributed by atoms with van der Waals surface area (Å²) in [6.45, 7) is 0. The summed E-state index contributed by atoms with van der Waals surface area (Å²) in [5, 5.41) is 11.2. The fraction of sp³-hybridized carbons (Fsp3) is 0.118. The number of rotatable bonds is 6. The number of methoxy groups -OCH3 is 2. The zero-order valence-electron chi connectivity index (χ0n) is 13.0. The van der Waals surface area contributed by atoms with E-state index in [0.717, 1.165) is 10.0 Å². The van der Waals surface area contributed by atoms with Gasteiger partial charge in [-0.15, -0.1) is 0 Å². The number of carbonyl (C=O) groups excluding carboxylic acids is 1. The largest absolute Gasteiger partial charge is 0.493 e. The summed E-state index contributed by atoms with van der Waals surface area (Å²) in [5.74, 6) is -0.0540. The second kappa shape index (κ2) is 7.74. The van der Waals surface area contributed by atoms with E-state index in [4.69, 9.17) is 9.47 Å². The molecule has 0 aromatic heterocycles. The normalized spacial score (nSPS) is 10.6. The van der Waals surface area contributed by atoms with Crippen LogP contribution in [0.4, 0.5) is 5.69 Å². The minimum Gasteiger partial charge on any atom is -0.493 e. The number of benzene rings is 2. The first-order valence-electron chi connectivity index (χ1n) is 6.84. The van der Waals surface area contributed by atoms with E-state index in [2.05, 4.69) is 15.9 Å². The second-order valence-electron chi connectivity index (χ2n) is 4.73. The zero-order chi connectivity index (χ0) is 17.7. The van der Waals surface area contributed by atoms with Gasteiger partial charge in [0.05, 0.1) is 25.2 Å². The molecule has 0 aliphatic rings. The Morgan fingerprint density at radius 2 is 1.83 bits per heavy atom. The van der Waals surface area contributed by atoms with Gasteiger partial charge in [0.2, 0.25) is 0 Å². The average molecular weight is 392 g/mol. The van der Waals surface area contributed by atoms with Crippen LogP contribution in [-0.4, -0.2) is 24.9 Å². The van der Waals surface area contributed by atoms with E-state index in [-0.39, 0.29) is 22.7 Å². The molecule has 0 amide bonds. The number of ether oxygens (including phenoxy) is 2. The molecule has 0 N–H and O–H groups in total. The third kappa shape index (κ3) is 3.99. The Kier molecular flexibility index (Phi) is 5.70. The summed E-state index contributed by atoms with van der Waals surface area (Å²) >= 11 is 3.34. The Bertz CT molecular complexity index is 817. The first-order valence-corrected chi connectivity index (χ1v) is 7.64. The van der Waals surface area contributed by atoms with E-state index in [0.29, 0.717) is 0 Å². The number of ketones is 1. The Hall–Kier alpha value is -2.67. The molecule has 0 spiro atoms. The zero-order valence-corrected chi connectivity index (χ0v) is 14.6. The van der Waals surface area contributed by atoms with Crippen LogP contribution in [0.5, 0.6) is 11.5 Å². The number of halogens is 1. The second-order valence-corrected chi connectivity index (χ2v) is 5.65. The fourth-order valence-corrected chi connectivity index (χ4v) is 2.51. The number of nitrogens with zero attached hydrogens (tertiary/aromatic N) is 1. The third-order valence-electron chi connectivity index (χ3n) is 3.24. The quantitative estimate of drug-likeness (QED) is 0.318. The first kappa shape index (κ1) is 17.7. The molecule has 6 nitrogen and oxygen atoms in total. The molecule has 2 rings (SSSR count). The number of hydrogen-bond donors (Lipinski definition) is 0. The predicted molar refractivity (Wildman–Crippen MR) is 93.7 cm³/mol. The van der Waals surface area contributed by atoms with Crippen LogP contribution < -0.4 is 9.47 Å². The van der Waals surface area contributed by atoms with Crippen LogP contribution in [0.15, 0.2) is 46.9 Å². The highest BCUT2D eigenvalue weighted by Gasteiger charge is 2.23. The van der Waals surface area contributed by atoms with Gasteiger partial charge in [0, 0.05) is 10.5 Å². The van der Waals surface area contributed by atoms with Crippen molar-refractivity contribution in [2.75, 3.05) is 14.2 Å². The monoisotopic (exact) mass is 391 g/mol. The Labute approximate surface area is 147 Å². The van der Waals surface area contributed by atoms with Crippen molar-refractivity contribution in [2.45, 2.75) is 0 Å². The van der Waals surface area contributed by atoms with Crippen LogP contribution in [0.3, 0.4) is 0 Å². The molecule has 24 heavy (non-hydrogen) atoms. The van der Waals surface area contributed by atoms with E-state index in [1.807, 2.05) is 24.3 Å². The van der Waals surface area contributed by atoms with Crippen LogP contribution in [0.2, 0.25) is 0 Å². The molecule has 0 atom stereocenters. The van der Waals surface area contributed by atoms with Crippen LogP contribution in [0.25, 0.3) is 6.08 Å². The predicted octanol–water partition coefficient (Wildman–Crippen LogP) is 4.27. The van der Waals surface area contributed by atoms with Crippen molar-refractivity contribution in [1.82, 2.24) is 0 Å². The molecule has 2 aromatic rings. The van der Waals surface area contributed by atoms with Crippen molar-refractivity contribution in [3.63, 3.8) is 0 Å². The van der Waals surface area contributed by atoms with Gasteiger partial charge in [0.1, 0.15) is 5.56 Å². The minimum atomic E-state index is -0.623. The Morgan fingerprint density at radius 3 is 2.42 bits per heavy atom. The van der Waals surface area contributed by atoms with Crippen LogP contribution in [0.1, 0.15) is 15.9 Å². The van der Waals surface area contributed by atoms with Crippen molar-refractivity contribution in [3.8, 4) is 11.5 Å². The average Bonchev–Trinajstić information content (AvgIpc) is 2.58. The molecular formula is C17H14BrNO5. The standard InChI is InChI=1S/C17H14BrNO5/c1-23-16-9-13(14(19(21)22)10-17(16)24-2)15(20)7-6-11-4-3-5-12(18)8-11/h3-10H,1-2H3. The summed E-state index contributed by atoms with van der Waals surface area (Å²) in [5.41, 5.74) is 0.390. The molecule has 0 aliphatic heterocycles. The molecule has 0 unspecified atom stereocenters. The number of nitro groups is 1. The molecule has 0 saturated heterocycles. The maximum absolute atomic E-state index is 12.4. The van der Waals surface area contributed by atoms with Gasteiger partial charge >= 0.3 is 0 Å². The van der Waals surface area contributed by atoms with Crippen molar-refractivity contribution < 1.29 is 19.2 Å².